The van der Waals surface area contributed by atoms with Crippen LogP contribution < -0.4 is 5.32 Å². The van der Waals surface area contributed by atoms with E-state index >= 15 is 0 Å². The van der Waals surface area contributed by atoms with E-state index in [0.717, 1.165) is 30.5 Å². The van der Waals surface area contributed by atoms with Gasteiger partial charge in [-0.15, -0.1) is 0 Å². The molecule has 160 valence electrons. The lowest BCUT2D eigenvalue weighted by molar-refractivity contribution is -0.137. The van der Waals surface area contributed by atoms with Crippen molar-refractivity contribution in [3.05, 3.63) is 53.2 Å². The van der Waals surface area contributed by atoms with E-state index < -0.39 is 11.7 Å². The van der Waals surface area contributed by atoms with Crippen molar-refractivity contribution in [3.8, 4) is 11.4 Å². The first kappa shape index (κ1) is 19.5. The SMILES string of the molecule is Cc1noc(C)c1-c1nc(NC2CC2)c2ncn(Cc3ccc(C(F)(F)F)cc3)c2n1. The van der Waals surface area contributed by atoms with E-state index in [4.69, 9.17) is 9.51 Å². The normalized spacial score (nSPS) is 14.4. The maximum atomic E-state index is 12.9. The molecule has 3 heterocycles. The fraction of sp³-hybridized carbons (Fsp3) is 0.333. The van der Waals surface area contributed by atoms with E-state index in [1.165, 1.54) is 12.1 Å². The minimum Gasteiger partial charge on any atom is -0.365 e. The van der Waals surface area contributed by atoms with Crippen LogP contribution in [-0.4, -0.2) is 30.7 Å². The number of alkyl halides is 3. The number of imidazole rings is 1. The number of benzene rings is 1. The van der Waals surface area contributed by atoms with Crippen molar-refractivity contribution in [2.45, 2.75) is 45.5 Å². The maximum absolute atomic E-state index is 12.9. The Morgan fingerprint density at radius 1 is 1.13 bits per heavy atom. The highest BCUT2D eigenvalue weighted by atomic mass is 19.4. The lowest BCUT2D eigenvalue weighted by atomic mass is 10.1. The summed E-state index contributed by atoms with van der Waals surface area (Å²) in [6.45, 7) is 3.96. The second-order valence-corrected chi connectivity index (χ2v) is 7.75. The van der Waals surface area contributed by atoms with Crippen LogP contribution in [0, 0.1) is 13.8 Å². The van der Waals surface area contributed by atoms with Gasteiger partial charge in [0.2, 0.25) is 0 Å². The topological polar surface area (TPSA) is 81.7 Å². The quantitative estimate of drug-likeness (QED) is 0.495. The van der Waals surface area contributed by atoms with Crippen LogP contribution in [-0.2, 0) is 12.7 Å². The van der Waals surface area contributed by atoms with Crippen molar-refractivity contribution in [2.75, 3.05) is 5.32 Å². The largest absolute Gasteiger partial charge is 0.416 e. The molecule has 3 aromatic heterocycles. The maximum Gasteiger partial charge on any atom is 0.416 e. The van der Waals surface area contributed by atoms with Crippen LogP contribution in [0.2, 0.25) is 0 Å². The Morgan fingerprint density at radius 2 is 1.87 bits per heavy atom. The highest BCUT2D eigenvalue weighted by Gasteiger charge is 2.30. The van der Waals surface area contributed by atoms with Gasteiger partial charge < -0.3 is 14.4 Å². The summed E-state index contributed by atoms with van der Waals surface area (Å²) in [4.78, 5) is 13.9. The molecule has 1 aliphatic rings. The molecule has 7 nitrogen and oxygen atoms in total. The van der Waals surface area contributed by atoms with E-state index in [2.05, 4.69) is 20.4 Å². The van der Waals surface area contributed by atoms with Crippen molar-refractivity contribution in [1.29, 1.82) is 0 Å². The zero-order chi connectivity index (χ0) is 21.8. The zero-order valence-electron chi connectivity index (χ0n) is 16.9. The number of nitrogens with one attached hydrogen (secondary N) is 1. The lowest BCUT2D eigenvalue weighted by Crippen LogP contribution is -2.08. The van der Waals surface area contributed by atoms with Crippen LogP contribution in [0.3, 0.4) is 0 Å². The molecule has 1 aromatic carbocycles. The number of hydrogen-bond acceptors (Lipinski definition) is 6. The van der Waals surface area contributed by atoms with Gasteiger partial charge in [0.25, 0.3) is 0 Å². The second-order valence-electron chi connectivity index (χ2n) is 7.75. The van der Waals surface area contributed by atoms with Crippen molar-refractivity contribution >= 4 is 17.0 Å². The van der Waals surface area contributed by atoms with Gasteiger partial charge in [0, 0.05) is 6.04 Å². The molecule has 0 aliphatic heterocycles. The molecule has 0 atom stereocenters. The Morgan fingerprint density at radius 3 is 2.48 bits per heavy atom. The van der Waals surface area contributed by atoms with Crippen LogP contribution >= 0.6 is 0 Å². The molecule has 0 bridgehead atoms. The van der Waals surface area contributed by atoms with Crippen LogP contribution in [0.25, 0.3) is 22.6 Å². The first-order chi connectivity index (χ1) is 14.8. The Hall–Kier alpha value is -3.43. The molecule has 1 saturated carbocycles. The monoisotopic (exact) mass is 428 g/mol. The Bertz CT molecular complexity index is 1240. The van der Waals surface area contributed by atoms with Gasteiger partial charge in [-0.25, -0.2) is 15.0 Å². The molecular weight excluding hydrogens is 409 g/mol. The molecule has 0 radical (unpaired) electrons. The van der Waals surface area contributed by atoms with Crippen molar-refractivity contribution in [3.63, 3.8) is 0 Å². The third-order valence-electron chi connectivity index (χ3n) is 5.27. The molecule has 0 unspecified atom stereocenters. The summed E-state index contributed by atoms with van der Waals surface area (Å²) in [6, 6.07) is 5.45. The number of nitrogens with zero attached hydrogens (tertiary/aromatic N) is 5. The fourth-order valence-corrected chi connectivity index (χ4v) is 3.49. The van der Waals surface area contributed by atoms with E-state index in [0.29, 0.717) is 52.4 Å². The van der Waals surface area contributed by atoms with Gasteiger partial charge in [-0.05, 0) is 44.4 Å². The molecule has 31 heavy (non-hydrogen) atoms. The van der Waals surface area contributed by atoms with Gasteiger partial charge in [-0.2, -0.15) is 13.2 Å². The number of hydrogen-bond donors (Lipinski definition) is 1. The Balaban J connectivity index is 1.57. The molecule has 5 rings (SSSR count). The predicted molar refractivity (Wildman–Crippen MR) is 107 cm³/mol. The van der Waals surface area contributed by atoms with Crippen LogP contribution in [0.4, 0.5) is 19.0 Å². The van der Waals surface area contributed by atoms with Gasteiger partial charge in [-0.3, -0.25) is 0 Å². The smallest absolute Gasteiger partial charge is 0.365 e. The van der Waals surface area contributed by atoms with E-state index in [9.17, 15) is 13.2 Å². The zero-order valence-corrected chi connectivity index (χ0v) is 16.9. The molecule has 0 saturated heterocycles. The summed E-state index contributed by atoms with van der Waals surface area (Å²) in [5, 5.41) is 7.39. The highest BCUT2D eigenvalue weighted by Crippen LogP contribution is 2.32. The molecular formula is C21H19F3N6O. The minimum absolute atomic E-state index is 0.329. The van der Waals surface area contributed by atoms with E-state index in [1.807, 2.05) is 6.92 Å². The summed E-state index contributed by atoms with van der Waals surface area (Å²) in [7, 11) is 0. The summed E-state index contributed by atoms with van der Waals surface area (Å²) in [5.74, 6) is 1.72. The molecule has 4 aromatic rings. The van der Waals surface area contributed by atoms with Crippen LogP contribution in [0.1, 0.15) is 35.4 Å². The fourth-order valence-electron chi connectivity index (χ4n) is 3.49. The predicted octanol–water partition coefficient (Wildman–Crippen LogP) is 4.74. The summed E-state index contributed by atoms with van der Waals surface area (Å²) >= 11 is 0. The van der Waals surface area contributed by atoms with Crippen molar-refractivity contribution in [1.82, 2.24) is 24.7 Å². The van der Waals surface area contributed by atoms with Gasteiger partial charge in [0.05, 0.1) is 29.7 Å². The van der Waals surface area contributed by atoms with Gasteiger partial charge >= 0.3 is 6.18 Å². The summed E-state index contributed by atoms with van der Waals surface area (Å²) < 4.78 is 45.6. The summed E-state index contributed by atoms with van der Waals surface area (Å²) in [6.07, 6.45) is -0.594. The number of fused-ring (bicyclic) bond motifs is 1. The number of halogens is 3. The molecule has 1 aliphatic carbocycles. The van der Waals surface area contributed by atoms with E-state index in [1.54, 1.807) is 17.8 Å². The first-order valence-electron chi connectivity index (χ1n) is 9.88. The summed E-state index contributed by atoms with van der Waals surface area (Å²) in [5.41, 5.74) is 2.65. The van der Waals surface area contributed by atoms with Gasteiger partial charge in [-0.1, -0.05) is 17.3 Å². The standard InChI is InChI=1S/C21H19F3N6O/c1-11-16(12(2)31-29-11)18-27-19(26-15-7-8-15)17-20(28-18)30(10-25-17)9-13-3-5-14(6-4-13)21(22,23)24/h3-6,10,15H,7-9H2,1-2H3,(H,26,27,28). The minimum atomic E-state index is -4.36. The van der Waals surface area contributed by atoms with Crippen LogP contribution in [0.15, 0.2) is 35.1 Å². The Kier molecular flexibility index (Phi) is 4.45. The third-order valence-corrected chi connectivity index (χ3v) is 5.27. The number of rotatable bonds is 5. The molecule has 0 amide bonds. The van der Waals surface area contributed by atoms with Crippen LogP contribution in [0.5, 0.6) is 0 Å². The molecule has 1 fully saturated rings. The average molecular weight is 428 g/mol. The lowest BCUT2D eigenvalue weighted by Gasteiger charge is -2.10. The molecule has 1 N–H and O–H groups in total. The molecule has 0 spiro atoms. The number of anilines is 1. The van der Waals surface area contributed by atoms with Crippen molar-refractivity contribution < 1.29 is 17.7 Å². The highest BCUT2D eigenvalue weighted by molar-refractivity contribution is 5.85. The Labute approximate surface area is 175 Å². The third kappa shape index (κ3) is 3.73. The average Bonchev–Trinajstić information content (AvgIpc) is 3.35. The van der Waals surface area contributed by atoms with E-state index in [-0.39, 0.29) is 0 Å². The second kappa shape index (κ2) is 7.07. The molecule has 10 heteroatoms. The number of aryl methyl sites for hydroxylation is 2. The first-order valence-corrected chi connectivity index (χ1v) is 9.88. The van der Waals surface area contributed by atoms with Gasteiger partial charge in [0.15, 0.2) is 17.3 Å². The van der Waals surface area contributed by atoms with Gasteiger partial charge in [0.1, 0.15) is 11.3 Å². The number of aromatic nitrogens is 5. The van der Waals surface area contributed by atoms with Crippen molar-refractivity contribution in [2.24, 2.45) is 0 Å².